The SMILES string of the molecule is Cc1nn(C)c2ncc(NC(=O)N3CCN(CCOc4ccccc4)CC3)cc12. The zero-order valence-corrected chi connectivity index (χ0v) is 16.8. The smallest absolute Gasteiger partial charge is 0.321 e. The maximum Gasteiger partial charge on any atom is 0.321 e. The number of amides is 2. The molecule has 0 unspecified atom stereocenters. The van der Waals surface area contributed by atoms with E-state index in [1.807, 2.05) is 55.3 Å². The lowest BCUT2D eigenvalue weighted by atomic mass is 10.2. The van der Waals surface area contributed by atoms with Gasteiger partial charge >= 0.3 is 6.03 Å². The standard InChI is InChI=1S/C21H26N6O2/c1-16-19-14-17(15-22-20(19)25(2)24-16)23-21(28)27-10-8-26(9-11-27)12-13-29-18-6-4-3-5-7-18/h3-7,14-15H,8-13H2,1-2H3,(H,23,28). The largest absolute Gasteiger partial charge is 0.492 e. The highest BCUT2D eigenvalue weighted by molar-refractivity contribution is 5.92. The summed E-state index contributed by atoms with van der Waals surface area (Å²) >= 11 is 0. The van der Waals surface area contributed by atoms with Gasteiger partial charge in [-0.2, -0.15) is 5.10 Å². The van der Waals surface area contributed by atoms with E-state index >= 15 is 0 Å². The van der Waals surface area contributed by atoms with E-state index in [4.69, 9.17) is 4.74 Å². The van der Waals surface area contributed by atoms with E-state index in [2.05, 4.69) is 20.3 Å². The molecule has 0 radical (unpaired) electrons. The van der Waals surface area contributed by atoms with Crippen molar-refractivity contribution in [1.29, 1.82) is 0 Å². The van der Waals surface area contributed by atoms with Gasteiger partial charge in [-0.3, -0.25) is 9.58 Å². The number of carbonyl (C=O) groups is 1. The van der Waals surface area contributed by atoms with E-state index in [9.17, 15) is 4.79 Å². The number of pyridine rings is 1. The van der Waals surface area contributed by atoms with Crippen molar-refractivity contribution in [2.75, 3.05) is 44.6 Å². The van der Waals surface area contributed by atoms with Crippen molar-refractivity contribution < 1.29 is 9.53 Å². The molecule has 1 aliphatic heterocycles. The monoisotopic (exact) mass is 394 g/mol. The molecule has 2 aromatic heterocycles. The lowest BCUT2D eigenvalue weighted by Crippen LogP contribution is -2.50. The van der Waals surface area contributed by atoms with E-state index < -0.39 is 0 Å². The fraction of sp³-hybridized carbons (Fsp3) is 0.381. The first-order valence-electron chi connectivity index (χ1n) is 9.85. The van der Waals surface area contributed by atoms with Gasteiger partial charge in [-0.15, -0.1) is 0 Å². The molecule has 8 nitrogen and oxygen atoms in total. The third-order valence-corrected chi connectivity index (χ3v) is 5.19. The number of rotatable bonds is 5. The summed E-state index contributed by atoms with van der Waals surface area (Å²) in [5.74, 6) is 0.889. The van der Waals surface area contributed by atoms with Crippen molar-refractivity contribution in [3.8, 4) is 5.75 Å². The van der Waals surface area contributed by atoms with Crippen LogP contribution >= 0.6 is 0 Å². The number of aromatic nitrogens is 3. The lowest BCUT2D eigenvalue weighted by molar-refractivity contribution is 0.132. The summed E-state index contributed by atoms with van der Waals surface area (Å²) in [6, 6.07) is 11.7. The highest BCUT2D eigenvalue weighted by atomic mass is 16.5. The minimum Gasteiger partial charge on any atom is -0.492 e. The van der Waals surface area contributed by atoms with Crippen LogP contribution in [0.25, 0.3) is 11.0 Å². The molecule has 1 fully saturated rings. The maximum absolute atomic E-state index is 12.6. The quantitative estimate of drug-likeness (QED) is 0.720. The number of nitrogens with one attached hydrogen (secondary N) is 1. The first-order chi connectivity index (χ1) is 14.1. The predicted molar refractivity (Wildman–Crippen MR) is 112 cm³/mol. The summed E-state index contributed by atoms with van der Waals surface area (Å²) in [5, 5.41) is 8.28. The fourth-order valence-electron chi connectivity index (χ4n) is 3.56. The molecule has 2 amide bonds. The van der Waals surface area contributed by atoms with Crippen molar-refractivity contribution in [3.63, 3.8) is 0 Å². The number of hydrogen-bond donors (Lipinski definition) is 1. The second-order valence-electron chi connectivity index (χ2n) is 7.22. The van der Waals surface area contributed by atoms with E-state index in [-0.39, 0.29) is 6.03 Å². The van der Waals surface area contributed by atoms with Crippen LogP contribution in [0.3, 0.4) is 0 Å². The highest BCUT2D eigenvalue weighted by Crippen LogP contribution is 2.19. The first-order valence-corrected chi connectivity index (χ1v) is 9.85. The van der Waals surface area contributed by atoms with E-state index in [1.165, 1.54) is 0 Å². The van der Waals surface area contributed by atoms with Crippen LogP contribution in [0.5, 0.6) is 5.75 Å². The first kappa shape index (κ1) is 19.2. The van der Waals surface area contributed by atoms with E-state index in [1.54, 1.807) is 10.9 Å². The molecular formula is C21H26N6O2. The van der Waals surface area contributed by atoms with Gasteiger partial charge < -0.3 is 15.0 Å². The molecule has 0 spiro atoms. The van der Waals surface area contributed by atoms with Crippen molar-refractivity contribution in [1.82, 2.24) is 24.6 Å². The Labute approximate surface area is 170 Å². The van der Waals surface area contributed by atoms with Crippen LogP contribution in [0.4, 0.5) is 10.5 Å². The van der Waals surface area contributed by atoms with Crippen LogP contribution < -0.4 is 10.1 Å². The zero-order chi connectivity index (χ0) is 20.2. The Balaban J connectivity index is 1.25. The molecule has 0 bridgehead atoms. The Kier molecular flexibility index (Phi) is 5.62. The summed E-state index contributed by atoms with van der Waals surface area (Å²) in [4.78, 5) is 21.2. The Morgan fingerprint density at radius 2 is 1.93 bits per heavy atom. The molecular weight excluding hydrogens is 368 g/mol. The van der Waals surface area contributed by atoms with Crippen molar-refractivity contribution in [2.24, 2.45) is 7.05 Å². The Hall–Kier alpha value is -3.13. The molecule has 152 valence electrons. The second-order valence-corrected chi connectivity index (χ2v) is 7.22. The number of hydrogen-bond acceptors (Lipinski definition) is 5. The number of para-hydroxylation sites is 1. The normalized spacial score (nSPS) is 14.9. The topological polar surface area (TPSA) is 75.5 Å². The molecule has 0 aliphatic carbocycles. The molecule has 0 atom stereocenters. The number of nitrogens with zero attached hydrogens (tertiary/aromatic N) is 5. The fourth-order valence-corrected chi connectivity index (χ4v) is 3.56. The van der Waals surface area contributed by atoms with Gasteiger partial charge in [-0.25, -0.2) is 9.78 Å². The van der Waals surface area contributed by atoms with Crippen LogP contribution in [0.15, 0.2) is 42.6 Å². The van der Waals surface area contributed by atoms with Gasteiger partial charge in [-0.1, -0.05) is 18.2 Å². The van der Waals surface area contributed by atoms with Gasteiger partial charge in [0.1, 0.15) is 12.4 Å². The molecule has 1 saturated heterocycles. The van der Waals surface area contributed by atoms with Gasteiger partial charge in [0, 0.05) is 45.2 Å². The number of urea groups is 1. The second kappa shape index (κ2) is 8.48. The van der Waals surface area contributed by atoms with Crippen molar-refractivity contribution >= 4 is 22.8 Å². The molecule has 1 N–H and O–H groups in total. The van der Waals surface area contributed by atoms with Crippen molar-refractivity contribution in [2.45, 2.75) is 6.92 Å². The van der Waals surface area contributed by atoms with Gasteiger partial charge in [0.05, 0.1) is 17.6 Å². The van der Waals surface area contributed by atoms with Gasteiger partial charge in [0.2, 0.25) is 0 Å². The molecule has 4 rings (SSSR count). The Morgan fingerprint density at radius 1 is 1.17 bits per heavy atom. The van der Waals surface area contributed by atoms with Crippen LogP contribution in [0, 0.1) is 6.92 Å². The number of anilines is 1. The minimum atomic E-state index is -0.0899. The number of carbonyl (C=O) groups excluding carboxylic acids is 1. The van der Waals surface area contributed by atoms with Crippen LogP contribution in [0.2, 0.25) is 0 Å². The Bertz CT molecular complexity index is 980. The van der Waals surface area contributed by atoms with Gasteiger partial charge in [-0.05, 0) is 25.1 Å². The predicted octanol–water partition coefficient (Wildman–Crippen LogP) is 2.51. The molecule has 1 aliphatic rings. The maximum atomic E-state index is 12.6. The van der Waals surface area contributed by atoms with Gasteiger partial charge in [0.25, 0.3) is 0 Å². The summed E-state index contributed by atoms with van der Waals surface area (Å²) in [7, 11) is 1.87. The summed E-state index contributed by atoms with van der Waals surface area (Å²) < 4.78 is 7.51. The lowest BCUT2D eigenvalue weighted by Gasteiger charge is -2.34. The van der Waals surface area contributed by atoms with Crippen LogP contribution in [0.1, 0.15) is 5.69 Å². The summed E-state index contributed by atoms with van der Waals surface area (Å²) in [6.45, 7) is 6.50. The van der Waals surface area contributed by atoms with Crippen molar-refractivity contribution in [3.05, 3.63) is 48.3 Å². The molecule has 1 aromatic carbocycles. The summed E-state index contributed by atoms with van der Waals surface area (Å²) in [6.07, 6.45) is 1.68. The Morgan fingerprint density at radius 3 is 2.69 bits per heavy atom. The zero-order valence-electron chi connectivity index (χ0n) is 16.8. The number of fused-ring (bicyclic) bond motifs is 1. The number of piperazine rings is 1. The van der Waals surface area contributed by atoms with E-state index in [0.717, 1.165) is 42.1 Å². The molecule has 0 saturated carbocycles. The molecule has 29 heavy (non-hydrogen) atoms. The summed E-state index contributed by atoms with van der Waals surface area (Å²) in [5.41, 5.74) is 2.40. The average Bonchev–Trinajstić information content (AvgIpc) is 3.02. The van der Waals surface area contributed by atoms with Crippen LogP contribution in [-0.4, -0.2) is 69.9 Å². The number of aryl methyl sites for hydroxylation is 2. The number of benzene rings is 1. The third kappa shape index (κ3) is 4.48. The number of ether oxygens (including phenoxy) is 1. The van der Waals surface area contributed by atoms with Gasteiger partial charge in [0.15, 0.2) is 5.65 Å². The molecule has 3 heterocycles. The van der Waals surface area contributed by atoms with E-state index in [0.29, 0.717) is 25.4 Å². The molecule has 3 aromatic rings. The van der Waals surface area contributed by atoms with Crippen LogP contribution in [-0.2, 0) is 7.05 Å². The third-order valence-electron chi connectivity index (χ3n) is 5.19. The average molecular weight is 394 g/mol. The minimum absolute atomic E-state index is 0.0899. The highest BCUT2D eigenvalue weighted by Gasteiger charge is 2.21. The molecule has 8 heteroatoms.